The Morgan fingerprint density at radius 2 is 2.02 bits per heavy atom. The van der Waals surface area contributed by atoms with Crippen LogP contribution in [0.25, 0.3) is 5.70 Å². The highest BCUT2D eigenvalue weighted by molar-refractivity contribution is 7.90. The number of allylic oxidation sites excluding steroid dienone is 1. The zero-order valence-electron chi connectivity index (χ0n) is 24.4. The predicted molar refractivity (Wildman–Crippen MR) is 160 cm³/mol. The van der Waals surface area contributed by atoms with E-state index in [1.807, 2.05) is 25.8 Å². The number of hydrogen-bond acceptors (Lipinski definition) is 8. The van der Waals surface area contributed by atoms with E-state index in [1.54, 1.807) is 31.7 Å². The van der Waals surface area contributed by atoms with E-state index >= 15 is 0 Å². The van der Waals surface area contributed by atoms with Gasteiger partial charge in [-0.3, -0.25) is 9.78 Å². The molecule has 1 N–H and O–H groups in total. The summed E-state index contributed by atoms with van der Waals surface area (Å²) in [4.78, 5) is 37.6. The lowest BCUT2D eigenvalue weighted by Crippen LogP contribution is -2.36. The van der Waals surface area contributed by atoms with Crippen LogP contribution in [0.1, 0.15) is 69.8 Å². The Kier molecular flexibility index (Phi) is 11.0. The Balaban J connectivity index is 2.01. The molecule has 0 amide bonds. The molecular formula is C29H39N7O3S. The van der Waals surface area contributed by atoms with Gasteiger partial charge in [0.25, 0.3) is 0 Å². The number of aldehydes is 1. The molecule has 0 aromatic carbocycles. The number of nitrogens with zero attached hydrogens (tertiary/aromatic N) is 6. The van der Waals surface area contributed by atoms with Gasteiger partial charge >= 0.3 is 0 Å². The maximum absolute atomic E-state index is 12.1. The molecule has 10 nitrogen and oxygen atoms in total. The summed E-state index contributed by atoms with van der Waals surface area (Å²) in [6.45, 7) is 12.6. The summed E-state index contributed by atoms with van der Waals surface area (Å²) >= 11 is -1.11. The standard InChI is InChI=1S/C29H39N7O3S/c1-9-19(4)36(6)28(34-20(5)25-27(21-10-11-21)32-17-33-29(25)39-7)26(18(2)3)35-24(16-37)31-14-22-12-13-23(15-30-22)40(8)38/h12-13,15-17,19,21H,5,9-11,14H2,1-4,6-8H3,(H,31,35)/b34-28+/t19-,40?/m0/s1. The summed E-state index contributed by atoms with van der Waals surface area (Å²) in [6, 6.07) is 3.66. The summed E-state index contributed by atoms with van der Waals surface area (Å²) in [5.41, 5.74) is 4.15. The summed E-state index contributed by atoms with van der Waals surface area (Å²) < 4.78 is 17.2. The molecular weight excluding hydrogens is 526 g/mol. The van der Waals surface area contributed by atoms with Crippen molar-refractivity contribution >= 4 is 34.8 Å². The van der Waals surface area contributed by atoms with E-state index in [0.717, 1.165) is 30.5 Å². The molecule has 0 saturated heterocycles. The first kappa shape index (κ1) is 31.0. The topological polar surface area (TPSA) is 128 Å². The fourth-order valence-corrected chi connectivity index (χ4v) is 4.38. The fraction of sp³-hybridized carbons (Fsp3) is 0.448. The third kappa shape index (κ3) is 7.76. The Morgan fingerprint density at radius 1 is 1.30 bits per heavy atom. The molecule has 214 valence electrons. The molecule has 1 aliphatic carbocycles. The quantitative estimate of drug-likeness (QED) is 0.175. The number of methoxy groups -OCH3 is 1. The molecule has 0 aliphatic heterocycles. The van der Waals surface area contributed by atoms with Crippen LogP contribution in [0.4, 0.5) is 0 Å². The van der Waals surface area contributed by atoms with Crippen LogP contribution >= 0.6 is 0 Å². The zero-order chi connectivity index (χ0) is 29.4. The molecule has 1 saturated carbocycles. The first-order valence-electron chi connectivity index (χ1n) is 13.2. The van der Waals surface area contributed by atoms with Crippen LogP contribution in [0.2, 0.25) is 0 Å². The molecule has 2 aromatic heterocycles. The lowest BCUT2D eigenvalue weighted by atomic mass is 10.1. The van der Waals surface area contributed by atoms with Gasteiger partial charge in [0, 0.05) is 19.0 Å². The number of ether oxygens (including phenoxy) is 1. The molecule has 0 spiro atoms. The van der Waals surface area contributed by atoms with Gasteiger partial charge in [-0.05, 0) is 68.9 Å². The first-order chi connectivity index (χ1) is 19.1. The molecule has 2 heterocycles. The van der Waals surface area contributed by atoms with Crippen molar-refractivity contribution in [2.24, 2.45) is 9.98 Å². The van der Waals surface area contributed by atoms with Gasteiger partial charge in [0.15, 0.2) is 22.9 Å². The number of aliphatic imine (C=N–C) groups is 2. The minimum atomic E-state index is -1.11. The summed E-state index contributed by atoms with van der Waals surface area (Å²) in [6.07, 6.45) is 8.33. The molecule has 2 aromatic rings. The van der Waals surface area contributed by atoms with Crippen molar-refractivity contribution in [2.75, 3.05) is 20.4 Å². The molecule has 3 rings (SSSR count). The van der Waals surface area contributed by atoms with Crippen LogP contribution in [0.5, 0.6) is 5.88 Å². The normalized spacial score (nSPS) is 15.2. The van der Waals surface area contributed by atoms with Crippen molar-refractivity contribution in [1.82, 2.24) is 25.2 Å². The molecule has 1 unspecified atom stereocenters. The highest BCUT2D eigenvalue weighted by atomic mass is 32.2. The van der Waals surface area contributed by atoms with E-state index in [1.165, 1.54) is 6.33 Å². The third-order valence-electron chi connectivity index (χ3n) is 6.72. The largest absolute Gasteiger partial charge is 0.612 e. The second-order valence-electron chi connectivity index (χ2n) is 9.92. The van der Waals surface area contributed by atoms with Gasteiger partial charge in [-0.1, -0.05) is 13.5 Å². The third-order valence-corrected chi connectivity index (χ3v) is 7.63. The number of aromatic nitrogens is 3. The lowest BCUT2D eigenvalue weighted by molar-refractivity contribution is -0.102. The van der Waals surface area contributed by atoms with Crippen LogP contribution in [0.3, 0.4) is 0 Å². The van der Waals surface area contributed by atoms with Crippen molar-refractivity contribution in [3.63, 3.8) is 0 Å². The van der Waals surface area contributed by atoms with Gasteiger partial charge in [0.05, 0.1) is 42.5 Å². The SMILES string of the molecule is C=C(/N=C(\C(/N=C(\C=O)NCc1ccc([S+](C)[O-])cn1)=C(C)C)N(C)[C@@H](C)CC)c1c(OC)ncnc1C1CC1. The smallest absolute Gasteiger partial charge is 0.226 e. The monoisotopic (exact) mass is 565 g/mol. The second-order valence-corrected chi connectivity index (χ2v) is 11.3. The van der Waals surface area contributed by atoms with E-state index in [4.69, 9.17) is 14.7 Å². The Morgan fingerprint density at radius 3 is 2.55 bits per heavy atom. The zero-order valence-corrected chi connectivity index (χ0v) is 25.2. The fourth-order valence-electron chi connectivity index (χ4n) is 3.92. The Bertz CT molecular complexity index is 1300. The van der Waals surface area contributed by atoms with Crippen LogP contribution in [-0.2, 0) is 22.5 Å². The summed E-state index contributed by atoms with van der Waals surface area (Å²) in [7, 11) is 3.53. The summed E-state index contributed by atoms with van der Waals surface area (Å²) in [5, 5.41) is 3.07. The average Bonchev–Trinajstić information content (AvgIpc) is 3.80. The maximum Gasteiger partial charge on any atom is 0.226 e. The minimum Gasteiger partial charge on any atom is -0.612 e. The van der Waals surface area contributed by atoms with Crippen LogP contribution in [0.15, 0.2) is 57.4 Å². The average molecular weight is 566 g/mol. The van der Waals surface area contributed by atoms with Crippen molar-refractivity contribution in [3.8, 4) is 5.88 Å². The number of hydrogen-bond donors (Lipinski definition) is 1. The van der Waals surface area contributed by atoms with Crippen molar-refractivity contribution in [1.29, 1.82) is 0 Å². The maximum atomic E-state index is 12.1. The molecule has 1 fully saturated rings. The lowest BCUT2D eigenvalue weighted by Gasteiger charge is -2.28. The molecule has 0 radical (unpaired) electrons. The van der Waals surface area contributed by atoms with Gasteiger partial charge in [0.1, 0.15) is 18.3 Å². The minimum absolute atomic E-state index is 0.132. The van der Waals surface area contributed by atoms with Gasteiger partial charge in [0.2, 0.25) is 5.88 Å². The van der Waals surface area contributed by atoms with E-state index in [9.17, 15) is 9.35 Å². The molecule has 1 aliphatic rings. The van der Waals surface area contributed by atoms with Crippen LogP contribution in [0, 0.1) is 0 Å². The van der Waals surface area contributed by atoms with Crippen LogP contribution < -0.4 is 10.1 Å². The number of rotatable bonds is 12. The van der Waals surface area contributed by atoms with Gasteiger partial charge in [-0.15, -0.1) is 0 Å². The number of pyridine rings is 1. The molecule has 11 heteroatoms. The number of carbonyl (C=O) groups excluding carboxylic acids is 1. The van der Waals surface area contributed by atoms with E-state index < -0.39 is 11.2 Å². The molecule has 40 heavy (non-hydrogen) atoms. The number of amidine groups is 2. The van der Waals surface area contributed by atoms with Gasteiger partial charge < -0.3 is 19.5 Å². The van der Waals surface area contributed by atoms with Gasteiger partial charge in [-0.25, -0.2) is 20.0 Å². The number of carbonyl (C=O) groups is 1. The van der Waals surface area contributed by atoms with E-state index in [0.29, 0.717) is 51.5 Å². The molecule has 2 atom stereocenters. The first-order valence-corrected chi connectivity index (χ1v) is 14.8. The highest BCUT2D eigenvalue weighted by Gasteiger charge is 2.31. The van der Waals surface area contributed by atoms with E-state index in [-0.39, 0.29) is 18.4 Å². The van der Waals surface area contributed by atoms with E-state index in [2.05, 4.69) is 40.7 Å². The Hall–Kier alpha value is -3.57. The van der Waals surface area contributed by atoms with Crippen LogP contribution in [-0.4, -0.2) is 68.8 Å². The summed E-state index contributed by atoms with van der Waals surface area (Å²) in [5.74, 6) is 1.47. The Labute approximate surface area is 240 Å². The number of nitrogens with one attached hydrogen (secondary N) is 1. The van der Waals surface area contributed by atoms with Crippen molar-refractivity contribution in [2.45, 2.75) is 70.4 Å². The second kappa shape index (κ2) is 14.2. The van der Waals surface area contributed by atoms with Crippen molar-refractivity contribution < 1.29 is 14.1 Å². The highest BCUT2D eigenvalue weighted by Crippen LogP contribution is 2.44. The molecule has 0 bridgehead atoms. The van der Waals surface area contributed by atoms with Gasteiger partial charge in [-0.2, -0.15) is 0 Å². The van der Waals surface area contributed by atoms with Crippen molar-refractivity contribution in [3.05, 3.63) is 59.5 Å². The number of likely N-dealkylation sites (N-methyl/N-ethyl adjacent to an activating group) is 1. The predicted octanol–water partition coefficient (Wildman–Crippen LogP) is 4.28.